The number of carbonyl (C=O) groups excluding carboxylic acids is 1. The van der Waals surface area contributed by atoms with Crippen molar-refractivity contribution in [1.82, 2.24) is 4.72 Å². The molecule has 1 rings (SSSR count). The summed E-state index contributed by atoms with van der Waals surface area (Å²) in [6.07, 6.45) is 0. The Bertz CT molecular complexity index is 287. The summed E-state index contributed by atoms with van der Waals surface area (Å²) in [5.74, 6) is 0.781. The van der Waals surface area contributed by atoms with Gasteiger partial charge in [0.2, 0.25) is 0 Å². The minimum Gasteiger partial charge on any atom is -0.497 e. The number of ether oxygens (including phenoxy) is 1. The van der Waals surface area contributed by atoms with Gasteiger partial charge in [0.1, 0.15) is 5.75 Å². The van der Waals surface area contributed by atoms with Crippen molar-refractivity contribution in [2.75, 3.05) is 7.11 Å². The van der Waals surface area contributed by atoms with Crippen molar-refractivity contribution in [1.29, 1.82) is 0 Å². The van der Waals surface area contributed by atoms with Gasteiger partial charge < -0.3 is 10.5 Å². The molecular formula is C8H10N2O2S. The summed E-state index contributed by atoms with van der Waals surface area (Å²) < 4.78 is 7.39. The Hall–Kier alpha value is -1.36. The van der Waals surface area contributed by atoms with E-state index in [9.17, 15) is 4.79 Å². The van der Waals surface area contributed by atoms with Gasteiger partial charge in [-0.05, 0) is 36.2 Å². The fraction of sp³-hybridized carbons (Fsp3) is 0.125. The van der Waals surface area contributed by atoms with Crippen LogP contribution in [0.2, 0.25) is 0 Å². The van der Waals surface area contributed by atoms with Crippen LogP contribution in [0.15, 0.2) is 29.2 Å². The molecule has 3 N–H and O–H groups in total. The second-order valence-electron chi connectivity index (χ2n) is 2.24. The molecule has 13 heavy (non-hydrogen) atoms. The summed E-state index contributed by atoms with van der Waals surface area (Å²) >= 11 is 1.17. The summed E-state index contributed by atoms with van der Waals surface area (Å²) in [6, 6.07) is 6.73. The average Bonchev–Trinajstić information content (AvgIpc) is 2.15. The molecule has 0 saturated carbocycles. The number of benzene rings is 1. The maximum atomic E-state index is 10.4. The average molecular weight is 198 g/mol. The Kier molecular flexibility index (Phi) is 3.45. The first-order valence-corrected chi connectivity index (χ1v) is 4.40. The number of nitrogens with two attached hydrogens (primary N) is 1. The second kappa shape index (κ2) is 4.61. The monoisotopic (exact) mass is 198 g/mol. The Morgan fingerprint density at radius 1 is 1.46 bits per heavy atom. The Morgan fingerprint density at radius 2 is 2.08 bits per heavy atom. The third-order valence-electron chi connectivity index (χ3n) is 1.33. The van der Waals surface area contributed by atoms with Gasteiger partial charge in [0.15, 0.2) is 0 Å². The van der Waals surface area contributed by atoms with Gasteiger partial charge in [0.05, 0.1) is 7.11 Å². The highest BCUT2D eigenvalue weighted by Gasteiger charge is 1.96. The molecule has 4 nitrogen and oxygen atoms in total. The molecule has 1 aromatic carbocycles. The van der Waals surface area contributed by atoms with E-state index < -0.39 is 6.03 Å². The SMILES string of the molecule is COc1ccc(SNC(N)=O)cc1. The Morgan fingerprint density at radius 3 is 2.54 bits per heavy atom. The normalized spacial score (nSPS) is 9.31. The summed E-state index contributed by atoms with van der Waals surface area (Å²) in [5.41, 5.74) is 4.90. The van der Waals surface area contributed by atoms with Gasteiger partial charge >= 0.3 is 6.03 Å². The number of hydrogen-bond acceptors (Lipinski definition) is 3. The molecule has 0 aliphatic heterocycles. The molecule has 0 aliphatic rings. The van der Waals surface area contributed by atoms with Crippen LogP contribution in [0.1, 0.15) is 0 Å². The number of rotatable bonds is 3. The molecule has 0 radical (unpaired) electrons. The molecule has 0 bridgehead atoms. The molecular weight excluding hydrogens is 188 g/mol. The van der Waals surface area contributed by atoms with Crippen molar-refractivity contribution >= 4 is 18.0 Å². The van der Waals surface area contributed by atoms with Crippen molar-refractivity contribution in [3.63, 3.8) is 0 Å². The van der Waals surface area contributed by atoms with E-state index in [0.717, 1.165) is 10.6 Å². The van der Waals surface area contributed by atoms with E-state index in [1.807, 2.05) is 24.3 Å². The number of amides is 2. The standard InChI is InChI=1S/C8H10N2O2S/c1-12-6-2-4-7(5-3-6)13-10-8(9)11/h2-5H,1H3,(H3,9,10,11). The lowest BCUT2D eigenvalue weighted by atomic mass is 10.3. The minimum atomic E-state index is -0.555. The summed E-state index contributed by atoms with van der Waals surface area (Å²) in [5, 5.41) is 0. The van der Waals surface area contributed by atoms with Crippen molar-refractivity contribution in [2.24, 2.45) is 5.73 Å². The summed E-state index contributed by atoms with van der Waals surface area (Å²) in [6.45, 7) is 0. The second-order valence-corrected chi connectivity index (χ2v) is 3.12. The van der Waals surface area contributed by atoms with Crippen LogP contribution in [0.25, 0.3) is 0 Å². The van der Waals surface area contributed by atoms with Crippen LogP contribution in [-0.4, -0.2) is 13.1 Å². The lowest BCUT2D eigenvalue weighted by Crippen LogP contribution is -2.22. The molecule has 0 spiro atoms. The Labute approximate surface area is 80.6 Å². The maximum absolute atomic E-state index is 10.4. The van der Waals surface area contributed by atoms with E-state index in [0.29, 0.717) is 0 Å². The van der Waals surface area contributed by atoms with Gasteiger partial charge in [-0.1, -0.05) is 0 Å². The molecule has 0 atom stereocenters. The third-order valence-corrected chi connectivity index (χ3v) is 2.14. The van der Waals surface area contributed by atoms with E-state index in [2.05, 4.69) is 4.72 Å². The van der Waals surface area contributed by atoms with Crippen LogP contribution < -0.4 is 15.2 Å². The molecule has 0 aliphatic carbocycles. The lowest BCUT2D eigenvalue weighted by Gasteiger charge is -2.02. The molecule has 5 heteroatoms. The first-order valence-electron chi connectivity index (χ1n) is 3.58. The van der Waals surface area contributed by atoms with Gasteiger partial charge in [0, 0.05) is 4.90 Å². The van der Waals surface area contributed by atoms with E-state index in [4.69, 9.17) is 10.5 Å². The highest BCUT2D eigenvalue weighted by atomic mass is 32.2. The quantitative estimate of drug-likeness (QED) is 0.721. The van der Waals surface area contributed by atoms with Crippen LogP contribution in [0.4, 0.5) is 4.79 Å². The van der Waals surface area contributed by atoms with E-state index >= 15 is 0 Å². The number of carbonyl (C=O) groups is 1. The topological polar surface area (TPSA) is 64.3 Å². The zero-order chi connectivity index (χ0) is 9.68. The maximum Gasteiger partial charge on any atom is 0.322 e. The predicted molar refractivity (Wildman–Crippen MR) is 51.6 cm³/mol. The number of primary amides is 1. The first-order chi connectivity index (χ1) is 6.22. The summed E-state index contributed by atoms with van der Waals surface area (Å²) in [7, 11) is 1.60. The van der Waals surface area contributed by atoms with Crippen LogP contribution in [-0.2, 0) is 0 Å². The molecule has 70 valence electrons. The molecule has 0 heterocycles. The Balaban J connectivity index is 2.54. The van der Waals surface area contributed by atoms with Gasteiger partial charge in [0.25, 0.3) is 0 Å². The van der Waals surface area contributed by atoms with Gasteiger partial charge in [-0.3, -0.25) is 4.72 Å². The lowest BCUT2D eigenvalue weighted by molar-refractivity contribution is 0.254. The highest BCUT2D eigenvalue weighted by molar-refractivity contribution is 7.98. The number of nitrogens with one attached hydrogen (secondary N) is 1. The van der Waals surface area contributed by atoms with Crippen LogP contribution in [0, 0.1) is 0 Å². The highest BCUT2D eigenvalue weighted by Crippen LogP contribution is 2.18. The molecule has 0 saturated heterocycles. The van der Waals surface area contributed by atoms with E-state index in [-0.39, 0.29) is 0 Å². The fourth-order valence-corrected chi connectivity index (χ4v) is 1.24. The van der Waals surface area contributed by atoms with Crippen LogP contribution in [0.3, 0.4) is 0 Å². The van der Waals surface area contributed by atoms with Crippen molar-refractivity contribution in [3.8, 4) is 5.75 Å². The first kappa shape index (κ1) is 9.73. The zero-order valence-corrected chi connectivity index (χ0v) is 7.93. The number of urea groups is 1. The van der Waals surface area contributed by atoms with Gasteiger partial charge in [-0.25, -0.2) is 4.79 Å². The molecule has 1 aromatic rings. The number of methoxy groups -OCH3 is 1. The molecule has 2 amide bonds. The fourth-order valence-electron chi connectivity index (χ4n) is 0.753. The zero-order valence-electron chi connectivity index (χ0n) is 7.11. The van der Waals surface area contributed by atoms with E-state index in [1.165, 1.54) is 11.9 Å². The molecule has 0 unspecified atom stereocenters. The minimum absolute atomic E-state index is 0.555. The largest absolute Gasteiger partial charge is 0.497 e. The summed E-state index contributed by atoms with van der Waals surface area (Å²) in [4.78, 5) is 11.3. The number of hydrogen-bond donors (Lipinski definition) is 2. The smallest absolute Gasteiger partial charge is 0.322 e. The third kappa shape index (κ3) is 3.25. The van der Waals surface area contributed by atoms with Crippen molar-refractivity contribution < 1.29 is 9.53 Å². The van der Waals surface area contributed by atoms with E-state index in [1.54, 1.807) is 7.11 Å². The van der Waals surface area contributed by atoms with Crippen LogP contribution in [0.5, 0.6) is 5.75 Å². The van der Waals surface area contributed by atoms with Gasteiger partial charge in [-0.2, -0.15) is 0 Å². The molecule has 0 fully saturated rings. The van der Waals surface area contributed by atoms with Crippen LogP contribution >= 0.6 is 11.9 Å². The predicted octanol–water partition coefficient (Wildman–Crippen LogP) is 1.37. The van der Waals surface area contributed by atoms with Crippen molar-refractivity contribution in [2.45, 2.75) is 4.90 Å². The van der Waals surface area contributed by atoms with Gasteiger partial charge in [-0.15, -0.1) is 0 Å². The molecule has 0 aromatic heterocycles. The van der Waals surface area contributed by atoms with Crippen molar-refractivity contribution in [3.05, 3.63) is 24.3 Å².